The Labute approximate surface area is 98.1 Å². The van der Waals surface area contributed by atoms with Crippen LogP contribution in [0.4, 0.5) is 0 Å². The molecule has 0 saturated carbocycles. The zero-order valence-electron chi connectivity index (χ0n) is 10.6. The first-order valence-corrected chi connectivity index (χ1v) is 6.30. The number of hydrogen-bond donors (Lipinski definition) is 2. The molecule has 0 bridgehead atoms. The van der Waals surface area contributed by atoms with Crippen LogP contribution in [0.15, 0.2) is 0 Å². The molecule has 0 aromatic rings. The van der Waals surface area contributed by atoms with Gasteiger partial charge < -0.3 is 15.4 Å². The highest BCUT2D eigenvalue weighted by atomic mass is 16.5. The molecule has 1 fully saturated rings. The Balaban J connectivity index is 2.27. The second-order valence-corrected chi connectivity index (χ2v) is 4.55. The molecule has 2 N–H and O–H groups in total. The molecule has 1 aliphatic heterocycles. The maximum absolute atomic E-state index is 11.7. The van der Waals surface area contributed by atoms with Crippen molar-refractivity contribution in [1.29, 1.82) is 0 Å². The summed E-state index contributed by atoms with van der Waals surface area (Å²) in [6.07, 6.45) is 2.85. The van der Waals surface area contributed by atoms with Crippen molar-refractivity contribution in [1.82, 2.24) is 10.6 Å². The first-order valence-electron chi connectivity index (χ1n) is 6.30. The summed E-state index contributed by atoms with van der Waals surface area (Å²) in [6.45, 7) is 7.88. The third-order valence-corrected chi connectivity index (χ3v) is 3.05. The van der Waals surface area contributed by atoms with Gasteiger partial charge in [0.25, 0.3) is 0 Å². The van der Waals surface area contributed by atoms with Gasteiger partial charge in [-0.05, 0) is 46.2 Å². The third-order valence-electron chi connectivity index (χ3n) is 3.05. The number of carbonyl (C=O) groups is 1. The summed E-state index contributed by atoms with van der Waals surface area (Å²) in [5, 5.41) is 6.22. The SMILES string of the molecule is CCC(C)NC(=O)C(C)OC1CCNCC1. The molecule has 4 heteroatoms. The Bertz CT molecular complexity index is 215. The maximum atomic E-state index is 11.7. The highest BCUT2D eigenvalue weighted by Crippen LogP contribution is 2.10. The lowest BCUT2D eigenvalue weighted by Gasteiger charge is -2.26. The lowest BCUT2D eigenvalue weighted by atomic mass is 10.1. The molecule has 1 saturated heterocycles. The van der Waals surface area contributed by atoms with Gasteiger partial charge in [-0.15, -0.1) is 0 Å². The van der Waals surface area contributed by atoms with E-state index < -0.39 is 0 Å². The summed E-state index contributed by atoms with van der Waals surface area (Å²) >= 11 is 0. The van der Waals surface area contributed by atoms with Gasteiger partial charge in [-0.2, -0.15) is 0 Å². The van der Waals surface area contributed by atoms with Crippen molar-refractivity contribution in [2.75, 3.05) is 13.1 Å². The van der Waals surface area contributed by atoms with Gasteiger partial charge in [-0.25, -0.2) is 0 Å². The summed E-state index contributed by atoms with van der Waals surface area (Å²) in [5.74, 6) is 0.00730. The summed E-state index contributed by atoms with van der Waals surface area (Å²) in [5.41, 5.74) is 0. The first kappa shape index (κ1) is 13.5. The van der Waals surface area contributed by atoms with Crippen molar-refractivity contribution < 1.29 is 9.53 Å². The highest BCUT2D eigenvalue weighted by molar-refractivity contribution is 5.80. The molecule has 0 spiro atoms. The fourth-order valence-electron chi connectivity index (χ4n) is 1.74. The molecular weight excluding hydrogens is 204 g/mol. The van der Waals surface area contributed by atoms with Crippen LogP contribution in [-0.2, 0) is 9.53 Å². The molecule has 2 unspecified atom stereocenters. The van der Waals surface area contributed by atoms with Gasteiger partial charge >= 0.3 is 0 Å². The number of rotatable bonds is 5. The van der Waals surface area contributed by atoms with Crippen molar-refractivity contribution in [2.24, 2.45) is 0 Å². The van der Waals surface area contributed by atoms with Crippen LogP contribution < -0.4 is 10.6 Å². The molecule has 1 heterocycles. The van der Waals surface area contributed by atoms with E-state index >= 15 is 0 Å². The molecule has 1 amide bonds. The molecule has 0 radical (unpaired) electrons. The van der Waals surface area contributed by atoms with E-state index in [1.54, 1.807) is 0 Å². The van der Waals surface area contributed by atoms with Crippen LogP contribution in [0, 0.1) is 0 Å². The Morgan fingerprint density at radius 1 is 1.44 bits per heavy atom. The molecule has 0 aromatic heterocycles. The summed E-state index contributed by atoms with van der Waals surface area (Å²) < 4.78 is 5.75. The normalized spacial score (nSPS) is 21.4. The van der Waals surface area contributed by atoms with Crippen LogP contribution in [0.5, 0.6) is 0 Å². The van der Waals surface area contributed by atoms with Crippen molar-refractivity contribution in [3.8, 4) is 0 Å². The van der Waals surface area contributed by atoms with Gasteiger partial charge in [0.2, 0.25) is 5.91 Å². The van der Waals surface area contributed by atoms with Gasteiger partial charge in [-0.3, -0.25) is 4.79 Å². The maximum Gasteiger partial charge on any atom is 0.249 e. The van der Waals surface area contributed by atoms with Crippen LogP contribution in [-0.4, -0.2) is 37.2 Å². The Morgan fingerprint density at radius 3 is 2.62 bits per heavy atom. The van der Waals surface area contributed by atoms with E-state index in [0.29, 0.717) is 0 Å². The zero-order valence-corrected chi connectivity index (χ0v) is 10.6. The molecule has 1 rings (SSSR count). The molecule has 0 aromatic carbocycles. The van der Waals surface area contributed by atoms with E-state index in [-0.39, 0.29) is 24.2 Å². The number of nitrogens with one attached hydrogen (secondary N) is 2. The smallest absolute Gasteiger partial charge is 0.249 e. The molecule has 1 aliphatic rings. The van der Waals surface area contributed by atoms with Crippen LogP contribution in [0.1, 0.15) is 40.0 Å². The average Bonchev–Trinajstić information content (AvgIpc) is 2.30. The second kappa shape index (κ2) is 6.86. The minimum atomic E-state index is -0.336. The quantitative estimate of drug-likeness (QED) is 0.739. The summed E-state index contributed by atoms with van der Waals surface area (Å²) in [6, 6.07) is 0.228. The highest BCUT2D eigenvalue weighted by Gasteiger charge is 2.21. The van der Waals surface area contributed by atoms with Crippen LogP contribution in [0.25, 0.3) is 0 Å². The van der Waals surface area contributed by atoms with Crippen LogP contribution in [0.3, 0.4) is 0 Å². The number of ether oxygens (including phenoxy) is 1. The van der Waals surface area contributed by atoms with E-state index in [2.05, 4.69) is 17.6 Å². The molecular formula is C12H24N2O2. The second-order valence-electron chi connectivity index (χ2n) is 4.55. The van der Waals surface area contributed by atoms with E-state index in [1.165, 1.54) is 0 Å². The Hall–Kier alpha value is -0.610. The number of hydrogen-bond acceptors (Lipinski definition) is 3. The molecule has 4 nitrogen and oxygen atoms in total. The van der Waals surface area contributed by atoms with E-state index in [1.807, 2.05) is 13.8 Å². The largest absolute Gasteiger partial charge is 0.365 e. The minimum absolute atomic E-state index is 0.00730. The lowest BCUT2D eigenvalue weighted by molar-refractivity contribution is -0.136. The molecule has 94 valence electrons. The van der Waals surface area contributed by atoms with Gasteiger partial charge in [0.05, 0.1) is 6.10 Å². The predicted molar refractivity (Wildman–Crippen MR) is 64.3 cm³/mol. The van der Waals surface area contributed by atoms with Gasteiger partial charge in [0.1, 0.15) is 6.10 Å². The van der Waals surface area contributed by atoms with Crippen LogP contribution >= 0.6 is 0 Å². The standard InChI is InChI=1S/C12H24N2O2/c1-4-9(2)14-12(15)10(3)16-11-5-7-13-8-6-11/h9-11,13H,4-8H2,1-3H3,(H,14,15). The van der Waals surface area contributed by atoms with Gasteiger partial charge in [0.15, 0.2) is 0 Å². The lowest BCUT2D eigenvalue weighted by Crippen LogP contribution is -2.43. The topological polar surface area (TPSA) is 50.4 Å². The molecule has 16 heavy (non-hydrogen) atoms. The van der Waals surface area contributed by atoms with E-state index in [0.717, 1.165) is 32.4 Å². The fourth-order valence-corrected chi connectivity index (χ4v) is 1.74. The summed E-state index contributed by atoms with van der Waals surface area (Å²) in [7, 11) is 0. The monoisotopic (exact) mass is 228 g/mol. The molecule has 0 aliphatic carbocycles. The van der Waals surface area contributed by atoms with Crippen molar-refractivity contribution in [2.45, 2.75) is 58.3 Å². The molecule has 2 atom stereocenters. The number of carbonyl (C=O) groups excluding carboxylic acids is 1. The average molecular weight is 228 g/mol. The van der Waals surface area contributed by atoms with Crippen LogP contribution in [0.2, 0.25) is 0 Å². The van der Waals surface area contributed by atoms with Crippen molar-refractivity contribution in [3.63, 3.8) is 0 Å². The third kappa shape index (κ3) is 4.49. The zero-order chi connectivity index (χ0) is 12.0. The Kier molecular flexibility index (Phi) is 5.77. The van der Waals surface area contributed by atoms with E-state index in [9.17, 15) is 4.79 Å². The van der Waals surface area contributed by atoms with Gasteiger partial charge in [-0.1, -0.05) is 6.92 Å². The first-order chi connectivity index (χ1) is 7.63. The fraction of sp³-hybridized carbons (Fsp3) is 0.917. The van der Waals surface area contributed by atoms with Crippen molar-refractivity contribution >= 4 is 5.91 Å². The Morgan fingerprint density at radius 2 is 2.06 bits per heavy atom. The van der Waals surface area contributed by atoms with E-state index in [4.69, 9.17) is 4.74 Å². The van der Waals surface area contributed by atoms with Crippen molar-refractivity contribution in [3.05, 3.63) is 0 Å². The predicted octanol–water partition coefficient (Wildman–Crippen LogP) is 1.06. The summed E-state index contributed by atoms with van der Waals surface area (Å²) in [4.78, 5) is 11.7. The number of piperidine rings is 1. The minimum Gasteiger partial charge on any atom is -0.365 e. The van der Waals surface area contributed by atoms with Gasteiger partial charge in [0, 0.05) is 6.04 Å². The number of amides is 1.